The van der Waals surface area contributed by atoms with Gasteiger partial charge < -0.3 is 0 Å². The van der Waals surface area contributed by atoms with Crippen LogP contribution in [0.25, 0.3) is 33.4 Å². The number of hydrogen-bond donors (Lipinski definition) is 0. The number of aromatic nitrogens is 3. The van der Waals surface area contributed by atoms with Gasteiger partial charge in [-0.1, -0.05) is 276 Å². The molecular formula is C84H76BN3Si2. The van der Waals surface area contributed by atoms with Gasteiger partial charge in [-0.2, -0.15) is 0 Å². The molecule has 6 heteroatoms. The van der Waals surface area contributed by atoms with Gasteiger partial charge in [0.1, 0.15) is 0 Å². The minimum absolute atomic E-state index is 0.00284. The van der Waals surface area contributed by atoms with Gasteiger partial charge in [-0.15, -0.1) is 0 Å². The van der Waals surface area contributed by atoms with Crippen LogP contribution in [0.4, 0.5) is 0 Å². The van der Waals surface area contributed by atoms with E-state index in [-0.39, 0.29) is 6.71 Å². The van der Waals surface area contributed by atoms with Crippen LogP contribution in [-0.2, 0) is 0 Å². The molecule has 438 valence electrons. The standard InChI is InChI=1S/C42H42BN3.C42H34Si2/c1-25-19-28(4)40(31(7)37(25)34-13-10-16-44-22-34)43(41-29(5)20-26(2)38(32(41)8)35-14-11-17-45-23-35)42-30(6)21-27(3)39(33(42)9)36-15-12-18-46-24-36;1-7-19-35(20-8-1)43(36-21-9-2-10-22-36,37-23-11-3-12-24-37)41-31-33-42(34-32-41)44(38-25-13-4-14-26-38,39-27-15-5-16-28-39)40-29-17-6-18-30-40/h10-24H,1-9H3;1-34H. The van der Waals surface area contributed by atoms with Gasteiger partial charge in [-0.05, 0) is 172 Å². The first-order chi connectivity index (χ1) is 43.9. The fourth-order valence-electron chi connectivity index (χ4n) is 15.3. The quantitative estimate of drug-likeness (QED) is 0.0804. The van der Waals surface area contributed by atoms with Crippen LogP contribution in [0, 0.1) is 62.3 Å². The highest BCUT2D eigenvalue weighted by molar-refractivity contribution is 7.21. The van der Waals surface area contributed by atoms with E-state index < -0.39 is 16.1 Å². The van der Waals surface area contributed by atoms with E-state index in [1.807, 2.05) is 55.4 Å². The van der Waals surface area contributed by atoms with Crippen molar-refractivity contribution in [2.45, 2.75) is 62.3 Å². The molecule has 0 spiro atoms. The summed E-state index contributed by atoms with van der Waals surface area (Å²) < 4.78 is 0. The Morgan fingerprint density at radius 3 is 0.644 bits per heavy atom. The molecular weight excluding hydrogens is 1120 g/mol. The average Bonchev–Trinajstić information content (AvgIpc) is 0.753. The average molecular weight is 1190 g/mol. The topological polar surface area (TPSA) is 38.7 Å². The SMILES string of the molecule is Cc1cc(C)c(-c2cccnc2)c(C)c1B(c1c(C)cc(C)c(-c2cccnc2)c1C)c1c(C)cc(C)c(-c2cccnc2)c1C.c1ccc([Si](c2ccccc2)(c2ccccc2)c2ccc([Si](c3ccccc3)(c3ccccc3)c3ccccc3)cc2)cc1. The minimum Gasteiger partial charge on any atom is -0.264 e. The molecule has 0 saturated heterocycles. The van der Waals surface area contributed by atoms with Crippen molar-refractivity contribution in [3.8, 4) is 33.4 Å². The molecule has 90 heavy (non-hydrogen) atoms. The summed E-state index contributed by atoms with van der Waals surface area (Å²) in [4.78, 5) is 13.5. The Balaban J connectivity index is 0.000000175. The molecule has 0 aliphatic heterocycles. The second-order valence-corrected chi connectivity index (χ2v) is 31.8. The summed E-state index contributed by atoms with van der Waals surface area (Å²) in [6.07, 6.45) is 11.5. The van der Waals surface area contributed by atoms with E-state index in [1.165, 1.54) is 125 Å². The lowest BCUT2D eigenvalue weighted by Crippen LogP contribution is -2.76. The molecule has 0 N–H and O–H groups in total. The third-order valence-corrected chi connectivity index (χ3v) is 28.4. The number of pyridine rings is 3. The first kappa shape index (κ1) is 60.4. The van der Waals surface area contributed by atoms with E-state index in [2.05, 4.69) is 320 Å². The number of rotatable bonds is 14. The Morgan fingerprint density at radius 1 is 0.233 bits per heavy atom. The van der Waals surface area contributed by atoms with Crippen molar-refractivity contribution >= 4 is 80.7 Å². The highest BCUT2D eigenvalue weighted by Gasteiger charge is 2.44. The van der Waals surface area contributed by atoms with Gasteiger partial charge >= 0.3 is 0 Å². The Labute approximate surface area is 536 Å². The maximum atomic E-state index is 4.51. The van der Waals surface area contributed by atoms with E-state index in [1.54, 1.807) is 0 Å². The number of benzene rings is 10. The highest BCUT2D eigenvalue weighted by Crippen LogP contribution is 2.33. The molecule has 13 rings (SSSR count). The highest BCUT2D eigenvalue weighted by atomic mass is 28.3. The van der Waals surface area contributed by atoms with Crippen LogP contribution in [0.5, 0.6) is 0 Å². The lowest BCUT2D eigenvalue weighted by Gasteiger charge is -2.37. The molecule has 0 atom stereocenters. The Bertz CT molecular complexity index is 4000. The summed E-state index contributed by atoms with van der Waals surface area (Å²) in [5, 5.41) is 11.1. The summed E-state index contributed by atoms with van der Waals surface area (Å²) in [6.45, 7) is 20.5. The smallest absolute Gasteiger partial charge is 0.243 e. The molecule has 0 aliphatic rings. The third-order valence-electron chi connectivity index (χ3n) is 18.8. The van der Waals surface area contributed by atoms with E-state index in [4.69, 9.17) is 0 Å². The van der Waals surface area contributed by atoms with Crippen molar-refractivity contribution in [3.05, 3.63) is 348 Å². The Hall–Kier alpha value is -9.85. The van der Waals surface area contributed by atoms with Crippen molar-refractivity contribution in [1.82, 2.24) is 15.0 Å². The zero-order valence-corrected chi connectivity index (χ0v) is 55.2. The molecule has 0 saturated carbocycles. The monoisotopic (exact) mass is 1190 g/mol. The van der Waals surface area contributed by atoms with Crippen LogP contribution in [0.15, 0.2) is 298 Å². The molecule has 13 aromatic rings. The first-order valence-corrected chi connectivity index (χ1v) is 35.4. The molecule has 0 bridgehead atoms. The van der Waals surface area contributed by atoms with E-state index in [9.17, 15) is 0 Å². The normalized spacial score (nSPS) is 11.4. The zero-order valence-electron chi connectivity index (χ0n) is 53.2. The number of aryl methyl sites for hydroxylation is 6. The van der Waals surface area contributed by atoms with Crippen LogP contribution >= 0.6 is 0 Å². The molecule has 0 unspecified atom stereocenters. The fraction of sp³-hybridized carbons (Fsp3) is 0.107. The number of hydrogen-bond acceptors (Lipinski definition) is 3. The number of nitrogens with zero attached hydrogens (tertiary/aromatic N) is 3. The fourth-order valence-corrected chi connectivity index (χ4v) is 24.8. The molecule has 3 nitrogen and oxygen atoms in total. The summed E-state index contributed by atoms with van der Waals surface area (Å²) in [6, 6.07) is 96.6. The first-order valence-electron chi connectivity index (χ1n) is 31.4. The van der Waals surface area contributed by atoms with E-state index >= 15 is 0 Å². The molecule has 10 aromatic carbocycles. The van der Waals surface area contributed by atoms with E-state index in [0.29, 0.717) is 0 Å². The summed E-state index contributed by atoms with van der Waals surface area (Å²) >= 11 is 0. The molecule has 0 amide bonds. The maximum Gasteiger partial charge on any atom is 0.243 e. The van der Waals surface area contributed by atoms with Gasteiger partial charge in [0.2, 0.25) is 6.71 Å². The lowest BCUT2D eigenvalue weighted by molar-refractivity contribution is 1.29. The largest absolute Gasteiger partial charge is 0.264 e. The third kappa shape index (κ3) is 11.2. The molecule has 3 aromatic heterocycles. The van der Waals surface area contributed by atoms with Crippen LogP contribution < -0.4 is 57.9 Å². The Kier molecular flexibility index (Phi) is 17.8. The van der Waals surface area contributed by atoms with Crippen molar-refractivity contribution in [2.24, 2.45) is 0 Å². The van der Waals surface area contributed by atoms with Gasteiger partial charge in [-0.25, -0.2) is 0 Å². The predicted octanol–water partition coefficient (Wildman–Crippen LogP) is 12.6. The molecule has 0 aliphatic carbocycles. The molecule has 0 fully saturated rings. The lowest BCUT2D eigenvalue weighted by atomic mass is 9.32. The van der Waals surface area contributed by atoms with Crippen molar-refractivity contribution in [3.63, 3.8) is 0 Å². The molecule has 0 radical (unpaired) electrons. The van der Waals surface area contributed by atoms with Crippen LogP contribution in [0.3, 0.4) is 0 Å². The van der Waals surface area contributed by atoms with Gasteiger partial charge in [0.15, 0.2) is 16.1 Å². The van der Waals surface area contributed by atoms with Gasteiger partial charge in [-0.3, -0.25) is 15.0 Å². The van der Waals surface area contributed by atoms with Crippen LogP contribution in [-0.4, -0.2) is 37.8 Å². The molecule has 3 heterocycles. The summed E-state index contributed by atoms with van der Waals surface area (Å²) in [7, 11) is -5.21. The second kappa shape index (κ2) is 26.5. The van der Waals surface area contributed by atoms with Crippen molar-refractivity contribution < 1.29 is 0 Å². The van der Waals surface area contributed by atoms with Gasteiger partial charge in [0.25, 0.3) is 0 Å². The minimum atomic E-state index is -2.60. The Morgan fingerprint density at radius 2 is 0.444 bits per heavy atom. The zero-order chi connectivity index (χ0) is 62.4. The van der Waals surface area contributed by atoms with Crippen molar-refractivity contribution in [2.75, 3.05) is 0 Å². The van der Waals surface area contributed by atoms with Crippen LogP contribution in [0.2, 0.25) is 0 Å². The maximum absolute atomic E-state index is 4.51. The van der Waals surface area contributed by atoms with Gasteiger partial charge in [0.05, 0.1) is 0 Å². The summed E-state index contributed by atoms with van der Waals surface area (Å²) in [5.41, 5.74) is 23.0. The van der Waals surface area contributed by atoms with Gasteiger partial charge in [0, 0.05) is 53.9 Å². The predicted molar refractivity (Wildman–Crippen MR) is 390 cm³/mol. The summed E-state index contributed by atoms with van der Waals surface area (Å²) in [5.74, 6) is 0. The van der Waals surface area contributed by atoms with Crippen LogP contribution in [0.1, 0.15) is 50.1 Å². The van der Waals surface area contributed by atoms with E-state index in [0.717, 1.165) is 16.7 Å². The second-order valence-electron chi connectivity index (χ2n) is 24.2. The van der Waals surface area contributed by atoms with Crippen molar-refractivity contribution in [1.29, 1.82) is 0 Å².